The summed E-state index contributed by atoms with van der Waals surface area (Å²) in [5, 5.41) is 11.3. The molecule has 1 saturated carbocycles. The number of nitrogens with zero attached hydrogens (tertiary/aromatic N) is 3. The predicted molar refractivity (Wildman–Crippen MR) is 132 cm³/mol. The predicted octanol–water partition coefficient (Wildman–Crippen LogP) is 5.42. The Morgan fingerprint density at radius 3 is 2.44 bits per heavy atom. The van der Waals surface area contributed by atoms with Crippen molar-refractivity contribution in [3.8, 4) is 17.0 Å². The first kappa shape index (κ1) is 25.3. The van der Waals surface area contributed by atoms with Crippen molar-refractivity contribution in [1.29, 1.82) is 0 Å². The lowest BCUT2D eigenvalue weighted by atomic mass is 10.00. The van der Waals surface area contributed by atoms with E-state index >= 15 is 0 Å². The van der Waals surface area contributed by atoms with Crippen molar-refractivity contribution < 1.29 is 22.6 Å². The van der Waals surface area contributed by atoms with E-state index in [2.05, 4.69) is 20.4 Å². The van der Waals surface area contributed by atoms with Gasteiger partial charge in [0.25, 0.3) is 0 Å². The highest BCUT2D eigenvalue weighted by atomic mass is 19.4. The molecule has 9 heteroatoms. The molecule has 0 spiro atoms. The smallest absolute Gasteiger partial charge is 0.420 e. The summed E-state index contributed by atoms with van der Waals surface area (Å²) in [5.41, 5.74) is 0.848. The lowest BCUT2D eigenvalue weighted by molar-refractivity contribution is -0.137. The largest absolute Gasteiger partial charge is 0.494 e. The number of hydrogen-bond acceptors (Lipinski definition) is 6. The first-order valence-electron chi connectivity index (χ1n) is 13.1. The number of hydrogen-bond donors (Lipinski definition) is 1. The van der Waals surface area contributed by atoms with E-state index < -0.39 is 11.7 Å². The average Bonchev–Trinajstić information content (AvgIpc) is 3.38. The fourth-order valence-electron chi connectivity index (χ4n) is 6.18. The number of nitrogens with one attached hydrogen (secondary N) is 1. The molecule has 0 radical (unpaired) electrons. The SMILES string of the molecule is CCOc1ccc(-c2cc(C(F)(F)F)c(N[C@@H]3C[C@@H]4CN(CC5CCOCC5)C[C@@H]4C3)nn2)c(C)c1. The second kappa shape index (κ2) is 10.5. The molecule has 3 aliphatic rings. The Balaban J connectivity index is 1.26. The van der Waals surface area contributed by atoms with Crippen LogP contribution in [0.4, 0.5) is 19.0 Å². The number of aromatic nitrogens is 2. The maximum absolute atomic E-state index is 14.0. The van der Waals surface area contributed by atoms with Crippen LogP contribution in [0, 0.1) is 24.7 Å². The van der Waals surface area contributed by atoms with Crippen LogP contribution in [0.3, 0.4) is 0 Å². The molecule has 0 bridgehead atoms. The van der Waals surface area contributed by atoms with E-state index in [1.165, 1.54) is 0 Å². The Labute approximate surface area is 210 Å². The van der Waals surface area contributed by atoms with Crippen molar-refractivity contribution in [3.63, 3.8) is 0 Å². The molecule has 3 atom stereocenters. The molecule has 2 aromatic rings. The molecular formula is C27H35F3N4O2. The standard InChI is InChI=1S/C27H35F3N4O2/c1-3-36-22-4-5-23(17(2)10-22)25-13-24(27(28,29)30)26(33-32-25)31-21-11-19-15-34(16-20(19)12-21)14-18-6-8-35-9-7-18/h4-5,10,13,18-21H,3,6-9,11-12,14-16H2,1-2H3,(H,31,33)/t19-,20+,21-. The molecule has 1 aromatic heterocycles. The van der Waals surface area contributed by atoms with Gasteiger partial charge in [-0.15, -0.1) is 10.2 Å². The van der Waals surface area contributed by atoms with Crippen LogP contribution in [0.2, 0.25) is 0 Å². The fourth-order valence-corrected chi connectivity index (χ4v) is 6.18. The van der Waals surface area contributed by atoms with E-state index in [0.29, 0.717) is 35.7 Å². The second-order valence-electron chi connectivity index (χ2n) is 10.5. The topological polar surface area (TPSA) is 59.5 Å². The molecule has 3 heterocycles. The summed E-state index contributed by atoms with van der Waals surface area (Å²) in [4.78, 5) is 2.55. The van der Waals surface area contributed by atoms with Crippen molar-refractivity contribution in [2.75, 3.05) is 44.8 Å². The zero-order valence-corrected chi connectivity index (χ0v) is 21.0. The van der Waals surface area contributed by atoms with E-state index in [-0.39, 0.29) is 17.6 Å². The molecule has 3 fully saturated rings. The molecule has 5 rings (SSSR count). The van der Waals surface area contributed by atoms with E-state index in [1.807, 2.05) is 19.9 Å². The third-order valence-corrected chi connectivity index (χ3v) is 7.91. The zero-order valence-electron chi connectivity index (χ0n) is 21.0. The van der Waals surface area contributed by atoms with Gasteiger partial charge in [0.05, 0.1) is 12.3 Å². The van der Waals surface area contributed by atoms with Gasteiger partial charge in [-0.3, -0.25) is 0 Å². The van der Waals surface area contributed by atoms with Crippen molar-refractivity contribution in [1.82, 2.24) is 15.1 Å². The molecule has 0 unspecified atom stereocenters. The monoisotopic (exact) mass is 504 g/mol. The quantitative estimate of drug-likeness (QED) is 0.544. The van der Waals surface area contributed by atoms with Crippen LogP contribution < -0.4 is 10.1 Å². The molecule has 1 N–H and O–H groups in total. The molecular weight excluding hydrogens is 469 g/mol. The number of ether oxygens (including phenoxy) is 2. The van der Waals surface area contributed by atoms with Crippen molar-refractivity contribution in [3.05, 3.63) is 35.4 Å². The molecule has 2 saturated heterocycles. The number of aryl methyl sites for hydroxylation is 1. The number of fused-ring (bicyclic) bond motifs is 1. The number of halogens is 3. The summed E-state index contributed by atoms with van der Waals surface area (Å²) in [7, 11) is 0. The van der Waals surface area contributed by atoms with Crippen LogP contribution in [0.15, 0.2) is 24.3 Å². The third-order valence-electron chi connectivity index (χ3n) is 7.91. The zero-order chi connectivity index (χ0) is 25.3. The fraction of sp³-hybridized carbons (Fsp3) is 0.630. The van der Waals surface area contributed by atoms with Gasteiger partial charge in [0, 0.05) is 44.5 Å². The van der Waals surface area contributed by atoms with E-state index in [4.69, 9.17) is 9.47 Å². The number of likely N-dealkylation sites (tertiary alicyclic amines) is 1. The molecule has 1 aromatic carbocycles. The first-order valence-corrected chi connectivity index (χ1v) is 13.1. The van der Waals surface area contributed by atoms with Gasteiger partial charge in [-0.2, -0.15) is 13.2 Å². The molecule has 196 valence electrons. The highest BCUT2D eigenvalue weighted by Gasteiger charge is 2.43. The lowest BCUT2D eigenvalue weighted by Crippen LogP contribution is -2.32. The van der Waals surface area contributed by atoms with Gasteiger partial charge in [0.2, 0.25) is 0 Å². The average molecular weight is 505 g/mol. The molecule has 6 nitrogen and oxygen atoms in total. The van der Waals surface area contributed by atoms with E-state index in [0.717, 1.165) is 70.2 Å². The van der Waals surface area contributed by atoms with E-state index in [9.17, 15) is 13.2 Å². The van der Waals surface area contributed by atoms with Crippen LogP contribution >= 0.6 is 0 Å². The summed E-state index contributed by atoms with van der Waals surface area (Å²) < 4.78 is 53.1. The summed E-state index contributed by atoms with van der Waals surface area (Å²) >= 11 is 0. The second-order valence-corrected chi connectivity index (χ2v) is 10.5. The molecule has 36 heavy (non-hydrogen) atoms. The van der Waals surface area contributed by atoms with Crippen molar-refractivity contribution in [2.45, 2.75) is 51.7 Å². The van der Waals surface area contributed by atoms with Gasteiger partial charge in [-0.05, 0) is 87.1 Å². The highest BCUT2D eigenvalue weighted by molar-refractivity contribution is 5.66. The number of alkyl halides is 3. The van der Waals surface area contributed by atoms with Crippen LogP contribution in [0.25, 0.3) is 11.3 Å². The Bertz CT molecular complexity index is 1040. The van der Waals surface area contributed by atoms with Crippen molar-refractivity contribution >= 4 is 5.82 Å². The molecule has 1 aliphatic carbocycles. The van der Waals surface area contributed by atoms with Gasteiger partial charge in [-0.25, -0.2) is 0 Å². The molecule has 0 amide bonds. The maximum Gasteiger partial charge on any atom is 0.420 e. The normalized spacial score (nSPS) is 25.2. The molecule has 2 aliphatic heterocycles. The number of anilines is 1. The summed E-state index contributed by atoms with van der Waals surface area (Å²) in [6, 6.07) is 6.39. The third kappa shape index (κ3) is 5.62. The lowest BCUT2D eigenvalue weighted by Gasteiger charge is -2.28. The minimum Gasteiger partial charge on any atom is -0.494 e. The Kier molecular flexibility index (Phi) is 7.40. The van der Waals surface area contributed by atoms with Crippen LogP contribution in [0.5, 0.6) is 5.75 Å². The maximum atomic E-state index is 14.0. The minimum atomic E-state index is -4.53. The van der Waals surface area contributed by atoms with Gasteiger partial charge in [0.1, 0.15) is 11.3 Å². The van der Waals surface area contributed by atoms with Gasteiger partial charge in [0.15, 0.2) is 5.82 Å². The summed E-state index contributed by atoms with van der Waals surface area (Å²) in [6.07, 6.45) is -0.537. The van der Waals surface area contributed by atoms with Crippen LogP contribution in [-0.4, -0.2) is 60.6 Å². The summed E-state index contributed by atoms with van der Waals surface area (Å²) in [5.74, 6) is 2.26. The van der Waals surface area contributed by atoms with Gasteiger partial charge < -0.3 is 19.7 Å². The number of benzene rings is 1. The van der Waals surface area contributed by atoms with E-state index in [1.54, 1.807) is 12.1 Å². The minimum absolute atomic E-state index is 0.0151. The number of rotatable bonds is 7. The van der Waals surface area contributed by atoms with Crippen LogP contribution in [-0.2, 0) is 10.9 Å². The highest BCUT2D eigenvalue weighted by Crippen LogP contribution is 2.42. The Morgan fingerprint density at radius 2 is 1.81 bits per heavy atom. The first-order chi connectivity index (χ1) is 17.3. The Morgan fingerprint density at radius 1 is 1.08 bits per heavy atom. The van der Waals surface area contributed by atoms with Crippen LogP contribution in [0.1, 0.15) is 43.7 Å². The summed E-state index contributed by atoms with van der Waals surface area (Å²) in [6.45, 7) is 9.15. The Hall–Kier alpha value is -2.39. The van der Waals surface area contributed by atoms with Crippen molar-refractivity contribution in [2.24, 2.45) is 17.8 Å². The van der Waals surface area contributed by atoms with Gasteiger partial charge >= 0.3 is 6.18 Å². The van der Waals surface area contributed by atoms with Gasteiger partial charge in [-0.1, -0.05) is 0 Å².